The highest BCUT2D eigenvalue weighted by atomic mass is 16.5. The van der Waals surface area contributed by atoms with Crippen LogP contribution in [0.25, 0.3) is 0 Å². The summed E-state index contributed by atoms with van der Waals surface area (Å²) < 4.78 is 5.50. The Labute approximate surface area is 186 Å². The van der Waals surface area contributed by atoms with Crippen LogP contribution < -0.4 is 15.0 Å². The van der Waals surface area contributed by atoms with Gasteiger partial charge in [0.25, 0.3) is 0 Å². The number of nitrogens with zero attached hydrogens (tertiary/aromatic N) is 5. The summed E-state index contributed by atoms with van der Waals surface area (Å²) in [4.78, 5) is 16.5. The Morgan fingerprint density at radius 1 is 1.16 bits per heavy atom. The van der Waals surface area contributed by atoms with Crippen LogP contribution >= 0.6 is 0 Å². The fraction of sp³-hybridized carbons (Fsp3) is 0.500. The van der Waals surface area contributed by atoms with Gasteiger partial charge in [0, 0.05) is 58.1 Å². The molecule has 0 spiro atoms. The maximum absolute atomic E-state index is 5.50. The number of hydrogen-bond acceptors (Lipinski definition) is 5. The van der Waals surface area contributed by atoms with Gasteiger partial charge in [-0.1, -0.05) is 25.1 Å². The van der Waals surface area contributed by atoms with E-state index in [1.165, 1.54) is 5.56 Å². The first-order valence-electron chi connectivity index (χ1n) is 11.2. The number of guanidine groups is 1. The van der Waals surface area contributed by atoms with Gasteiger partial charge in [-0.25, -0.2) is 9.98 Å². The summed E-state index contributed by atoms with van der Waals surface area (Å²) in [5.74, 6) is 2.83. The maximum Gasteiger partial charge on any atom is 0.194 e. The molecule has 0 radical (unpaired) electrons. The first kappa shape index (κ1) is 22.9. The van der Waals surface area contributed by atoms with Gasteiger partial charge in [0.1, 0.15) is 11.6 Å². The number of rotatable bonds is 8. The Balaban J connectivity index is 1.67. The van der Waals surface area contributed by atoms with Crippen LogP contribution in [0.4, 0.5) is 5.82 Å². The monoisotopic (exact) mass is 424 g/mol. The van der Waals surface area contributed by atoms with Crippen LogP contribution in [0.2, 0.25) is 0 Å². The lowest BCUT2D eigenvalue weighted by Gasteiger charge is -2.34. The summed E-state index contributed by atoms with van der Waals surface area (Å²) >= 11 is 0. The van der Waals surface area contributed by atoms with E-state index in [9.17, 15) is 0 Å². The Morgan fingerprint density at radius 3 is 2.65 bits per heavy atom. The number of methoxy groups -OCH3 is 1. The van der Waals surface area contributed by atoms with Gasteiger partial charge in [0.2, 0.25) is 0 Å². The van der Waals surface area contributed by atoms with E-state index in [2.05, 4.69) is 64.1 Å². The number of ether oxygens (including phenoxy) is 1. The smallest absolute Gasteiger partial charge is 0.194 e. The third-order valence-corrected chi connectivity index (χ3v) is 5.66. The van der Waals surface area contributed by atoms with Gasteiger partial charge < -0.3 is 24.8 Å². The van der Waals surface area contributed by atoms with Crippen molar-refractivity contribution in [1.82, 2.24) is 20.1 Å². The molecule has 1 aromatic heterocycles. The van der Waals surface area contributed by atoms with Gasteiger partial charge in [-0.15, -0.1) is 0 Å². The first-order valence-corrected chi connectivity index (χ1v) is 11.2. The van der Waals surface area contributed by atoms with E-state index in [-0.39, 0.29) is 0 Å². The largest absolute Gasteiger partial charge is 0.496 e. The molecule has 1 aromatic carbocycles. The molecule has 31 heavy (non-hydrogen) atoms. The van der Waals surface area contributed by atoms with Crippen LogP contribution in [0.5, 0.6) is 5.75 Å². The molecule has 7 nitrogen and oxygen atoms in total. The fourth-order valence-corrected chi connectivity index (χ4v) is 3.82. The maximum atomic E-state index is 5.50. The number of nitrogens with one attached hydrogen (secondary N) is 1. The minimum atomic E-state index is 0.614. The molecule has 0 unspecified atom stereocenters. The number of hydrogen-bond donors (Lipinski definition) is 1. The Kier molecular flexibility index (Phi) is 8.53. The normalized spacial score (nSPS) is 15.1. The molecule has 1 N–H and O–H groups in total. The number of benzene rings is 1. The molecular weight excluding hydrogens is 388 g/mol. The standard InChI is InChI=1S/C24H36N6O/c1-5-25-24(28(3)19-21-9-7-8-10-22(21)31-4)27-18-20-11-12-26-23(17-20)30-15-13-29(6-2)14-16-30/h7-12,17H,5-6,13-16,18-19H2,1-4H3,(H,25,27). The molecule has 168 valence electrons. The summed E-state index contributed by atoms with van der Waals surface area (Å²) in [6.45, 7) is 11.8. The predicted molar refractivity (Wildman–Crippen MR) is 128 cm³/mol. The van der Waals surface area contributed by atoms with Crippen molar-refractivity contribution in [3.8, 4) is 5.75 Å². The number of aliphatic imine (C=N–C) groups is 1. The van der Waals surface area contributed by atoms with Crippen LogP contribution in [-0.4, -0.2) is 74.2 Å². The predicted octanol–water partition coefficient (Wildman–Crippen LogP) is 2.83. The molecule has 1 fully saturated rings. The van der Waals surface area contributed by atoms with E-state index in [0.29, 0.717) is 6.54 Å². The fourth-order valence-electron chi connectivity index (χ4n) is 3.82. The molecule has 0 saturated carbocycles. The molecule has 3 rings (SSSR count). The van der Waals surface area contributed by atoms with Gasteiger partial charge in [0.15, 0.2) is 5.96 Å². The van der Waals surface area contributed by atoms with Gasteiger partial charge in [0.05, 0.1) is 13.7 Å². The number of pyridine rings is 1. The zero-order chi connectivity index (χ0) is 22.1. The van der Waals surface area contributed by atoms with E-state index >= 15 is 0 Å². The molecule has 7 heteroatoms. The molecule has 1 aliphatic heterocycles. The molecular formula is C24H36N6O. The zero-order valence-corrected chi connectivity index (χ0v) is 19.3. The Morgan fingerprint density at radius 2 is 1.94 bits per heavy atom. The number of likely N-dealkylation sites (N-methyl/N-ethyl adjacent to an activating group) is 1. The van der Waals surface area contributed by atoms with Crippen LogP contribution in [0.15, 0.2) is 47.6 Å². The molecule has 1 aliphatic rings. The van der Waals surface area contributed by atoms with Crippen molar-refractivity contribution >= 4 is 11.8 Å². The van der Waals surface area contributed by atoms with Crippen molar-refractivity contribution in [2.24, 2.45) is 4.99 Å². The Hall–Kier alpha value is -2.80. The Bertz CT molecular complexity index is 847. The summed E-state index contributed by atoms with van der Waals surface area (Å²) in [6.07, 6.45) is 1.90. The third kappa shape index (κ3) is 6.34. The van der Waals surface area contributed by atoms with Crippen molar-refractivity contribution in [2.45, 2.75) is 26.9 Å². The third-order valence-electron chi connectivity index (χ3n) is 5.66. The minimum Gasteiger partial charge on any atom is -0.496 e. The highest BCUT2D eigenvalue weighted by Gasteiger charge is 2.17. The topological polar surface area (TPSA) is 56.2 Å². The number of para-hydroxylation sites is 1. The van der Waals surface area contributed by atoms with Crippen molar-refractivity contribution in [3.63, 3.8) is 0 Å². The van der Waals surface area contributed by atoms with Crippen LogP contribution in [0, 0.1) is 0 Å². The zero-order valence-electron chi connectivity index (χ0n) is 19.3. The molecule has 2 aromatic rings. The minimum absolute atomic E-state index is 0.614. The number of aromatic nitrogens is 1. The summed E-state index contributed by atoms with van der Waals surface area (Å²) in [5.41, 5.74) is 2.31. The second-order valence-corrected chi connectivity index (χ2v) is 7.78. The summed E-state index contributed by atoms with van der Waals surface area (Å²) in [7, 11) is 3.76. The molecule has 0 aliphatic carbocycles. The van der Waals surface area contributed by atoms with E-state index < -0.39 is 0 Å². The lowest BCUT2D eigenvalue weighted by molar-refractivity contribution is 0.270. The molecule has 1 saturated heterocycles. The first-order chi connectivity index (χ1) is 15.1. The SMILES string of the molecule is CCNC(=NCc1ccnc(N2CCN(CC)CC2)c1)N(C)Cc1ccccc1OC. The van der Waals surface area contributed by atoms with Crippen LogP contribution in [-0.2, 0) is 13.1 Å². The highest BCUT2D eigenvalue weighted by molar-refractivity contribution is 5.79. The van der Waals surface area contributed by atoms with Crippen molar-refractivity contribution in [1.29, 1.82) is 0 Å². The highest BCUT2D eigenvalue weighted by Crippen LogP contribution is 2.19. The number of anilines is 1. The molecule has 0 amide bonds. The lowest BCUT2D eigenvalue weighted by Crippen LogP contribution is -2.46. The van der Waals surface area contributed by atoms with Gasteiger partial charge in [-0.2, -0.15) is 0 Å². The van der Waals surface area contributed by atoms with Gasteiger partial charge in [-0.3, -0.25) is 0 Å². The second-order valence-electron chi connectivity index (χ2n) is 7.78. The van der Waals surface area contributed by atoms with Crippen LogP contribution in [0.3, 0.4) is 0 Å². The van der Waals surface area contributed by atoms with E-state index in [1.54, 1.807) is 7.11 Å². The second kappa shape index (κ2) is 11.6. The van der Waals surface area contributed by atoms with Crippen molar-refractivity contribution in [2.75, 3.05) is 58.3 Å². The van der Waals surface area contributed by atoms with Crippen molar-refractivity contribution < 1.29 is 4.74 Å². The quantitative estimate of drug-likeness (QED) is 0.520. The van der Waals surface area contributed by atoms with E-state index in [0.717, 1.165) is 68.9 Å². The van der Waals surface area contributed by atoms with E-state index in [1.807, 2.05) is 24.4 Å². The molecule has 0 bridgehead atoms. The molecule has 2 heterocycles. The van der Waals surface area contributed by atoms with Crippen molar-refractivity contribution in [3.05, 3.63) is 53.7 Å². The number of piperazine rings is 1. The lowest BCUT2D eigenvalue weighted by atomic mass is 10.2. The van der Waals surface area contributed by atoms with Gasteiger partial charge >= 0.3 is 0 Å². The average molecular weight is 425 g/mol. The summed E-state index contributed by atoms with van der Waals surface area (Å²) in [6, 6.07) is 12.3. The average Bonchev–Trinajstić information content (AvgIpc) is 2.82. The van der Waals surface area contributed by atoms with Crippen LogP contribution in [0.1, 0.15) is 25.0 Å². The molecule has 0 atom stereocenters. The van der Waals surface area contributed by atoms with E-state index in [4.69, 9.17) is 9.73 Å². The summed E-state index contributed by atoms with van der Waals surface area (Å²) in [5, 5.41) is 3.40. The van der Waals surface area contributed by atoms with Gasteiger partial charge in [-0.05, 0) is 37.2 Å².